The van der Waals surface area contributed by atoms with Crippen molar-refractivity contribution in [2.45, 2.75) is 19.9 Å². The first-order valence-corrected chi connectivity index (χ1v) is 4.56. The van der Waals surface area contributed by atoms with Gasteiger partial charge in [-0.05, 0) is 24.9 Å². The Balaban J connectivity index is 3.32. The monoisotopic (exact) mass is 148 g/mol. The molecule has 2 unspecified atom stereocenters. The lowest BCUT2D eigenvalue weighted by atomic mass is 10.1. The third-order valence-corrected chi connectivity index (χ3v) is 2.41. The summed E-state index contributed by atoms with van der Waals surface area (Å²) in [7, 11) is 0. The van der Waals surface area contributed by atoms with Gasteiger partial charge in [0.05, 0.1) is 0 Å². The molecule has 9 heavy (non-hydrogen) atoms. The fourth-order valence-electron chi connectivity index (χ4n) is 0.571. The molecule has 56 valence electrons. The van der Waals surface area contributed by atoms with Gasteiger partial charge in [-0.25, -0.2) is 0 Å². The molecule has 0 aromatic carbocycles. The first-order chi connectivity index (χ1) is 4.22. The second-order valence-electron chi connectivity index (χ2n) is 2.39. The number of hydrogen-bond acceptors (Lipinski definition) is 3. The van der Waals surface area contributed by atoms with Crippen LogP contribution in [0, 0.1) is 5.92 Å². The number of rotatable bonds is 4. The molecule has 0 fully saturated rings. The van der Waals surface area contributed by atoms with Gasteiger partial charge in [-0.2, -0.15) is 11.8 Å². The van der Waals surface area contributed by atoms with Crippen LogP contribution in [0.3, 0.4) is 0 Å². The quantitative estimate of drug-likeness (QED) is 0.458. The molecule has 0 aliphatic rings. The normalized spacial score (nSPS) is 17.3. The highest BCUT2D eigenvalue weighted by Crippen LogP contribution is 2.07. The van der Waals surface area contributed by atoms with Crippen LogP contribution in [0.2, 0.25) is 0 Å². The van der Waals surface area contributed by atoms with E-state index in [2.05, 4.69) is 25.5 Å². The van der Waals surface area contributed by atoms with Crippen LogP contribution in [0.4, 0.5) is 0 Å². The molecule has 0 aliphatic heterocycles. The molecule has 0 radical (unpaired) electrons. The van der Waals surface area contributed by atoms with Crippen molar-refractivity contribution in [3.8, 4) is 0 Å². The maximum absolute atomic E-state index is 5.24. The molecular formula is C6H16N2S. The SMILES string of the molecule is CSCC(C)C(C)NN. The Hall–Kier alpha value is 0.270. The van der Waals surface area contributed by atoms with E-state index >= 15 is 0 Å². The molecule has 2 nitrogen and oxygen atoms in total. The zero-order valence-electron chi connectivity index (χ0n) is 6.35. The van der Waals surface area contributed by atoms with Crippen molar-refractivity contribution >= 4 is 11.8 Å². The summed E-state index contributed by atoms with van der Waals surface area (Å²) < 4.78 is 0. The highest BCUT2D eigenvalue weighted by Gasteiger charge is 2.07. The Bertz CT molecular complexity index is 68.1. The van der Waals surface area contributed by atoms with E-state index in [1.54, 1.807) is 0 Å². The lowest BCUT2D eigenvalue weighted by Gasteiger charge is -2.16. The van der Waals surface area contributed by atoms with Gasteiger partial charge >= 0.3 is 0 Å². The summed E-state index contributed by atoms with van der Waals surface area (Å²) in [5.74, 6) is 7.07. The number of thioether (sulfide) groups is 1. The molecule has 0 saturated heterocycles. The number of nitrogens with one attached hydrogen (secondary N) is 1. The molecule has 0 amide bonds. The molecule has 0 spiro atoms. The third kappa shape index (κ3) is 3.78. The largest absolute Gasteiger partial charge is 0.271 e. The van der Waals surface area contributed by atoms with Crippen LogP contribution in [-0.2, 0) is 0 Å². The average Bonchev–Trinajstić information content (AvgIpc) is 1.87. The van der Waals surface area contributed by atoms with E-state index < -0.39 is 0 Å². The minimum absolute atomic E-state index is 0.428. The smallest absolute Gasteiger partial charge is 0.0215 e. The van der Waals surface area contributed by atoms with Gasteiger partial charge in [0.25, 0.3) is 0 Å². The second kappa shape index (κ2) is 5.09. The van der Waals surface area contributed by atoms with E-state index in [0.29, 0.717) is 12.0 Å². The predicted molar refractivity (Wildman–Crippen MR) is 44.3 cm³/mol. The van der Waals surface area contributed by atoms with Gasteiger partial charge in [0, 0.05) is 6.04 Å². The zero-order valence-corrected chi connectivity index (χ0v) is 7.16. The Morgan fingerprint density at radius 1 is 1.56 bits per heavy atom. The summed E-state index contributed by atoms with van der Waals surface area (Å²) in [6, 6.07) is 0.428. The van der Waals surface area contributed by atoms with Crippen molar-refractivity contribution in [1.82, 2.24) is 5.43 Å². The van der Waals surface area contributed by atoms with E-state index in [-0.39, 0.29) is 0 Å². The molecule has 0 heterocycles. The van der Waals surface area contributed by atoms with Crippen molar-refractivity contribution in [3.63, 3.8) is 0 Å². The van der Waals surface area contributed by atoms with Crippen LogP contribution in [-0.4, -0.2) is 18.1 Å². The standard InChI is InChI=1S/C6H16N2S/c1-5(4-9-3)6(2)8-7/h5-6,8H,4,7H2,1-3H3. The molecule has 0 saturated carbocycles. The zero-order chi connectivity index (χ0) is 7.28. The van der Waals surface area contributed by atoms with E-state index in [4.69, 9.17) is 5.84 Å². The van der Waals surface area contributed by atoms with E-state index in [9.17, 15) is 0 Å². The van der Waals surface area contributed by atoms with Gasteiger partial charge in [-0.3, -0.25) is 11.3 Å². The van der Waals surface area contributed by atoms with Gasteiger partial charge in [0.2, 0.25) is 0 Å². The first kappa shape index (κ1) is 9.27. The molecule has 3 N–H and O–H groups in total. The van der Waals surface area contributed by atoms with Gasteiger partial charge < -0.3 is 0 Å². The highest BCUT2D eigenvalue weighted by molar-refractivity contribution is 7.98. The van der Waals surface area contributed by atoms with E-state index in [0.717, 1.165) is 0 Å². The number of nitrogens with two attached hydrogens (primary N) is 1. The van der Waals surface area contributed by atoms with Crippen molar-refractivity contribution in [2.24, 2.45) is 11.8 Å². The fraction of sp³-hybridized carbons (Fsp3) is 1.00. The Labute approximate surface area is 61.5 Å². The predicted octanol–water partition coefficient (Wildman–Crippen LogP) is 0.837. The summed E-state index contributed by atoms with van der Waals surface area (Å²) in [6.45, 7) is 4.29. The summed E-state index contributed by atoms with van der Waals surface area (Å²) in [5, 5.41) is 0. The fourth-order valence-corrected chi connectivity index (χ4v) is 1.39. The Kier molecular flexibility index (Phi) is 5.24. The molecule has 0 aromatic heterocycles. The molecular weight excluding hydrogens is 132 g/mol. The van der Waals surface area contributed by atoms with Crippen molar-refractivity contribution in [1.29, 1.82) is 0 Å². The van der Waals surface area contributed by atoms with Gasteiger partial charge in [-0.15, -0.1) is 0 Å². The molecule has 0 aromatic rings. The van der Waals surface area contributed by atoms with Crippen LogP contribution in [0.25, 0.3) is 0 Å². The maximum atomic E-state index is 5.24. The minimum atomic E-state index is 0.428. The molecule has 3 heteroatoms. The van der Waals surface area contributed by atoms with E-state index in [1.165, 1.54) is 5.75 Å². The second-order valence-corrected chi connectivity index (χ2v) is 3.30. The molecule has 0 aliphatic carbocycles. The topological polar surface area (TPSA) is 38.0 Å². The lowest BCUT2D eigenvalue weighted by molar-refractivity contribution is 0.443. The molecule has 0 rings (SSSR count). The third-order valence-electron chi connectivity index (χ3n) is 1.55. The summed E-state index contributed by atoms with van der Waals surface area (Å²) in [4.78, 5) is 0. The number of hydrogen-bond donors (Lipinski definition) is 2. The van der Waals surface area contributed by atoms with Crippen LogP contribution in [0.15, 0.2) is 0 Å². The summed E-state index contributed by atoms with van der Waals surface area (Å²) in [5.41, 5.74) is 2.74. The summed E-state index contributed by atoms with van der Waals surface area (Å²) >= 11 is 1.86. The van der Waals surface area contributed by atoms with Gasteiger partial charge in [-0.1, -0.05) is 6.92 Å². The van der Waals surface area contributed by atoms with Crippen molar-refractivity contribution < 1.29 is 0 Å². The molecule has 0 bridgehead atoms. The van der Waals surface area contributed by atoms with Crippen molar-refractivity contribution in [3.05, 3.63) is 0 Å². The Morgan fingerprint density at radius 3 is 2.44 bits per heavy atom. The van der Waals surface area contributed by atoms with Crippen LogP contribution >= 0.6 is 11.8 Å². The Morgan fingerprint density at radius 2 is 2.11 bits per heavy atom. The highest BCUT2D eigenvalue weighted by atomic mass is 32.2. The van der Waals surface area contributed by atoms with Crippen LogP contribution in [0.1, 0.15) is 13.8 Å². The van der Waals surface area contributed by atoms with Crippen LogP contribution in [0.5, 0.6) is 0 Å². The first-order valence-electron chi connectivity index (χ1n) is 3.17. The number of hydrazine groups is 1. The summed E-state index contributed by atoms with van der Waals surface area (Å²) in [6.07, 6.45) is 2.11. The van der Waals surface area contributed by atoms with E-state index in [1.807, 2.05) is 11.8 Å². The van der Waals surface area contributed by atoms with Crippen LogP contribution < -0.4 is 11.3 Å². The average molecular weight is 148 g/mol. The van der Waals surface area contributed by atoms with Crippen molar-refractivity contribution in [2.75, 3.05) is 12.0 Å². The van der Waals surface area contributed by atoms with Gasteiger partial charge in [0.1, 0.15) is 0 Å². The molecule has 2 atom stereocenters. The van der Waals surface area contributed by atoms with Gasteiger partial charge in [0.15, 0.2) is 0 Å². The maximum Gasteiger partial charge on any atom is 0.0215 e. The lowest BCUT2D eigenvalue weighted by Crippen LogP contribution is -2.38. The minimum Gasteiger partial charge on any atom is -0.271 e.